The second kappa shape index (κ2) is 7.23. The monoisotopic (exact) mass is 389 g/mol. The number of nitrogens with one attached hydrogen (secondary N) is 2. The molecule has 0 aliphatic carbocycles. The van der Waals surface area contributed by atoms with Crippen LogP contribution >= 0.6 is 0 Å². The lowest BCUT2D eigenvalue weighted by atomic mass is 10.2. The van der Waals surface area contributed by atoms with Crippen molar-refractivity contribution in [3.05, 3.63) is 88.2 Å². The molecule has 29 heavy (non-hydrogen) atoms. The number of rotatable bonds is 5. The van der Waals surface area contributed by atoms with E-state index in [9.17, 15) is 9.59 Å². The maximum absolute atomic E-state index is 13.2. The van der Waals surface area contributed by atoms with Gasteiger partial charge in [0, 0.05) is 12.7 Å². The lowest BCUT2D eigenvalue weighted by Crippen LogP contribution is -2.35. The summed E-state index contributed by atoms with van der Waals surface area (Å²) >= 11 is 0. The van der Waals surface area contributed by atoms with Crippen LogP contribution in [-0.4, -0.2) is 26.4 Å². The van der Waals surface area contributed by atoms with Gasteiger partial charge in [-0.3, -0.25) is 19.4 Å². The lowest BCUT2D eigenvalue weighted by Gasteiger charge is -2.14. The molecule has 1 amide bonds. The zero-order chi connectivity index (χ0) is 20.5. The fraction of sp³-hybridized carbons (Fsp3) is 0.143. The van der Waals surface area contributed by atoms with E-state index in [0.717, 1.165) is 5.56 Å². The molecule has 0 unspecified atom stereocenters. The molecule has 8 heteroatoms. The van der Waals surface area contributed by atoms with Crippen LogP contribution in [0.3, 0.4) is 0 Å². The van der Waals surface area contributed by atoms with E-state index >= 15 is 0 Å². The summed E-state index contributed by atoms with van der Waals surface area (Å²) in [4.78, 5) is 30.4. The summed E-state index contributed by atoms with van der Waals surface area (Å²) in [6.07, 6.45) is 4.72. The first-order valence-electron chi connectivity index (χ1n) is 9.03. The topological polar surface area (TPSA) is 105 Å². The van der Waals surface area contributed by atoms with Gasteiger partial charge in [-0.15, -0.1) is 6.58 Å². The Balaban J connectivity index is 2.08. The molecule has 0 radical (unpaired) electrons. The lowest BCUT2D eigenvalue weighted by molar-refractivity contribution is 0.0955. The number of hydrogen-bond acceptors (Lipinski definition) is 5. The molecular formula is C21H19N5O3. The SMILES string of the molecule is C=CCNC(=O)c1cc2c(=O)n3cccc(C)c3nc2n(Cc2ccco2)c1=N. The van der Waals surface area contributed by atoms with Crippen molar-refractivity contribution in [1.82, 2.24) is 19.3 Å². The van der Waals surface area contributed by atoms with Crippen molar-refractivity contribution in [1.29, 1.82) is 5.41 Å². The molecular weight excluding hydrogens is 370 g/mol. The summed E-state index contributed by atoms with van der Waals surface area (Å²) in [6.45, 7) is 5.86. The average molecular weight is 389 g/mol. The van der Waals surface area contributed by atoms with Gasteiger partial charge in [0.15, 0.2) is 0 Å². The minimum absolute atomic E-state index is 0.0553. The number of fused-ring (bicyclic) bond motifs is 2. The van der Waals surface area contributed by atoms with Gasteiger partial charge in [-0.05, 0) is 36.8 Å². The zero-order valence-corrected chi connectivity index (χ0v) is 15.8. The third-order valence-electron chi connectivity index (χ3n) is 4.68. The van der Waals surface area contributed by atoms with Crippen LogP contribution in [0.2, 0.25) is 0 Å². The van der Waals surface area contributed by atoms with Gasteiger partial charge in [0.2, 0.25) is 0 Å². The molecule has 0 saturated heterocycles. The van der Waals surface area contributed by atoms with Crippen molar-refractivity contribution < 1.29 is 9.21 Å². The number of aromatic nitrogens is 3. The Bertz CT molecular complexity index is 1360. The summed E-state index contributed by atoms with van der Waals surface area (Å²) in [5.41, 5.74) is 1.38. The molecule has 0 spiro atoms. The van der Waals surface area contributed by atoms with Crippen molar-refractivity contribution in [2.75, 3.05) is 6.54 Å². The van der Waals surface area contributed by atoms with E-state index in [0.29, 0.717) is 17.1 Å². The van der Waals surface area contributed by atoms with Gasteiger partial charge in [-0.25, -0.2) is 4.98 Å². The first-order valence-corrected chi connectivity index (χ1v) is 9.03. The number of pyridine rings is 2. The first-order chi connectivity index (χ1) is 14.0. The third kappa shape index (κ3) is 3.14. The maximum Gasteiger partial charge on any atom is 0.267 e. The molecule has 4 heterocycles. The molecule has 4 aromatic heterocycles. The Labute approximate surface area is 165 Å². The third-order valence-corrected chi connectivity index (χ3v) is 4.68. The Morgan fingerprint density at radius 1 is 1.34 bits per heavy atom. The van der Waals surface area contributed by atoms with Crippen LogP contribution < -0.4 is 16.4 Å². The molecule has 146 valence electrons. The van der Waals surface area contributed by atoms with E-state index in [1.54, 1.807) is 30.5 Å². The number of aryl methyl sites for hydroxylation is 1. The van der Waals surface area contributed by atoms with Gasteiger partial charge in [0.1, 0.15) is 22.5 Å². The van der Waals surface area contributed by atoms with E-state index in [4.69, 9.17) is 9.83 Å². The van der Waals surface area contributed by atoms with Gasteiger partial charge >= 0.3 is 0 Å². The second-order valence-electron chi connectivity index (χ2n) is 6.61. The number of furan rings is 1. The largest absolute Gasteiger partial charge is 0.467 e. The maximum atomic E-state index is 13.2. The van der Waals surface area contributed by atoms with Crippen LogP contribution in [0.5, 0.6) is 0 Å². The average Bonchev–Trinajstić information content (AvgIpc) is 3.22. The van der Waals surface area contributed by atoms with Gasteiger partial charge in [0.25, 0.3) is 11.5 Å². The smallest absolute Gasteiger partial charge is 0.267 e. The van der Waals surface area contributed by atoms with Gasteiger partial charge in [-0.2, -0.15) is 0 Å². The summed E-state index contributed by atoms with van der Waals surface area (Å²) in [7, 11) is 0. The number of amides is 1. The highest BCUT2D eigenvalue weighted by Gasteiger charge is 2.18. The zero-order valence-electron chi connectivity index (χ0n) is 15.8. The van der Waals surface area contributed by atoms with Crippen molar-refractivity contribution >= 4 is 22.6 Å². The summed E-state index contributed by atoms with van der Waals surface area (Å²) in [5.74, 6) is 0.124. The molecule has 4 rings (SSSR count). The quantitative estimate of drug-likeness (QED) is 0.402. The first kappa shape index (κ1) is 18.4. The Hall–Kier alpha value is -3.94. The molecule has 0 bridgehead atoms. The van der Waals surface area contributed by atoms with E-state index in [1.165, 1.54) is 21.3 Å². The Morgan fingerprint density at radius 2 is 2.17 bits per heavy atom. The summed E-state index contributed by atoms with van der Waals surface area (Å²) in [5, 5.41) is 11.5. The van der Waals surface area contributed by atoms with Gasteiger partial charge < -0.3 is 14.3 Å². The van der Waals surface area contributed by atoms with Crippen LogP contribution in [0.15, 0.2) is 64.7 Å². The van der Waals surface area contributed by atoms with Crippen LogP contribution in [-0.2, 0) is 6.54 Å². The van der Waals surface area contributed by atoms with E-state index in [2.05, 4.69) is 16.9 Å². The van der Waals surface area contributed by atoms with Crippen LogP contribution in [0.25, 0.3) is 16.7 Å². The van der Waals surface area contributed by atoms with Crippen molar-refractivity contribution in [2.45, 2.75) is 13.5 Å². The molecule has 2 N–H and O–H groups in total. The second-order valence-corrected chi connectivity index (χ2v) is 6.61. The van der Waals surface area contributed by atoms with Gasteiger partial charge in [0.05, 0.1) is 23.8 Å². The normalized spacial score (nSPS) is 11.1. The molecule has 0 fully saturated rings. The van der Waals surface area contributed by atoms with Crippen molar-refractivity contribution in [2.24, 2.45) is 0 Å². The molecule has 8 nitrogen and oxygen atoms in total. The van der Waals surface area contributed by atoms with E-state index in [-0.39, 0.29) is 35.1 Å². The van der Waals surface area contributed by atoms with Gasteiger partial charge in [-0.1, -0.05) is 12.1 Å². The molecule has 0 aliphatic heterocycles. The molecule has 0 aliphatic rings. The van der Waals surface area contributed by atoms with Crippen LogP contribution in [0, 0.1) is 12.3 Å². The molecule has 0 aromatic carbocycles. The van der Waals surface area contributed by atoms with E-state index < -0.39 is 5.91 Å². The highest BCUT2D eigenvalue weighted by atomic mass is 16.3. The Kier molecular flexibility index (Phi) is 4.59. The highest BCUT2D eigenvalue weighted by Crippen LogP contribution is 2.14. The minimum Gasteiger partial charge on any atom is -0.467 e. The standard InChI is InChI=1S/C21H19N5O3/c1-3-8-23-20(27)15-11-16-19(26(17(15)22)12-14-7-5-10-29-14)24-18-13(2)6-4-9-25(18)21(16)28/h3-7,9-11,22H,1,8,12H2,2H3,(H,23,27). The van der Waals surface area contributed by atoms with Crippen molar-refractivity contribution in [3.63, 3.8) is 0 Å². The number of carbonyl (C=O) groups excluding carboxylic acids is 1. The van der Waals surface area contributed by atoms with Crippen LogP contribution in [0.1, 0.15) is 21.7 Å². The Morgan fingerprint density at radius 3 is 2.90 bits per heavy atom. The molecule has 4 aromatic rings. The molecule has 0 saturated carbocycles. The number of carbonyl (C=O) groups is 1. The molecule has 0 atom stereocenters. The van der Waals surface area contributed by atoms with E-state index in [1.807, 2.05) is 13.0 Å². The fourth-order valence-electron chi connectivity index (χ4n) is 3.24. The summed E-state index contributed by atoms with van der Waals surface area (Å²) in [6, 6.07) is 8.57. The number of nitrogens with zero attached hydrogens (tertiary/aromatic N) is 3. The predicted molar refractivity (Wildman–Crippen MR) is 108 cm³/mol. The summed E-state index contributed by atoms with van der Waals surface area (Å²) < 4.78 is 8.39. The minimum atomic E-state index is -0.460. The predicted octanol–water partition coefficient (Wildman–Crippen LogP) is 1.99. The fourth-order valence-corrected chi connectivity index (χ4v) is 3.24. The van der Waals surface area contributed by atoms with Crippen molar-refractivity contribution in [3.8, 4) is 0 Å². The van der Waals surface area contributed by atoms with Crippen LogP contribution in [0.4, 0.5) is 0 Å². The highest BCUT2D eigenvalue weighted by molar-refractivity contribution is 5.96. The number of hydrogen-bond donors (Lipinski definition) is 2.